The Morgan fingerprint density at radius 1 is 1.47 bits per heavy atom. The Bertz CT molecular complexity index is 246. The molecule has 0 saturated carbocycles. The van der Waals surface area contributed by atoms with Crippen LogP contribution in [-0.4, -0.2) is 30.0 Å². The fraction of sp³-hybridized carbons (Fsp3) is 0.750. The minimum atomic E-state index is 0.579. The van der Waals surface area contributed by atoms with Gasteiger partial charge in [0.25, 0.3) is 0 Å². The van der Waals surface area contributed by atoms with Crippen molar-refractivity contribution in [3.63, 3.8) is 0 Å². The molecule has 0 spiro atoms. The lowest BCUT2D eigenvalue weighted by atomic mass is 10.1. The summed E-state index contributed by atoms with van der Waals surface area (Å²) in [5.74, 6) is 0. The summed E-state index contributed by atoms with van der Waals surface area (Å²) in [4.78, 5) is 3.02. The molecule has 86 valence electrons. The van der Waals surface area contributed by atoms with Crippen LogP contribution < -0.4 is 5.32 Å². The fourth-order valence-electron chi connectivity index (χ4n) is 1.93. The van der Waals surface area contributed by atoms with Crippen LogP contribution in [0, 0.1) is 0 Å². The summed E-state index contributed by atoms with van der Waals surface area (Å²) in [5.41, 5.74) is 1.29. The third-order valence-corrected chi connectivity index (χ3v) is 3.04. The number of rotatable bonds is 5. The molecule has 1 rings (SSSR count). The monoisotopic (exact) mass is 226 g/mol. The zero-order valence-corrected chi connectivity index (χ0v) is 10.9. The first kappa shape index (κ1) is 12.5. The van der Waals surface area contributed by atoms with Gasteiger partial charge in [0, 0.05) is 31.9 Å². The molecule has 0 aromatic rings. The normalized spacial score (nSPS) is 23.3. The van der Waals surface area contributed by atoms with Crippen LogP contribution in [0.3, 0.4) is 0 Å². The SMILES string of the molecule is CCCCCC1CC(=CN(C)C)C(=S)N1. The summed E-state index contributed by atoms with van der Waals surface area (Å²) < 4.78 is 0. The van der Waals surface area contributed by atoms with E-state index in [9.17, 15) is 0 Å². The van der Waals surface area contributed by atoms with E-state index in [1.807, 2.05) is 14.1 Å². The van der Waals surface area contributed by atoms with Gasteiger partial charge in [-0.3, -0.25) is 0 Å². The van der Waals surface area contributed by atoms with Crippen LogP contribution in [0.5, 0.6) is 0 Å². The molecule has 1 unspecified atom stereocenters. The lowest BCUT2D eigenvalue weighted by Gasteiger charge is -2.08. The molecule has 0 aromatic heterocycles. The molecule has 2 nitrogen and oxygen atoms in total. The smallest absolute Gasteiger partial charge is 0.104 e. The van der Waals surface area contributed by atoms with Gasteiger partial charge in [0.05, 0.1) is 0 Å². The van der Waals surface area contributed by atoms with E-state index in [-0.39, 0.29) is 0 Å². The quantitative estimate of drug-likeness (QED) is 0.441. The second-order valence-corrected chi connectivity index (χ2v) is 4.90. The number of nitrogens with one attached hydrogen (secondary N) is 1. The first-order chi connectivity index (χ1) is 7.13. The van der Waals surface area contributed by atoms with Gasteiger partial charge in [-0.2, -0.15) is 0 Å². The predicted octanol–water partition coefficient (Wildman–Crippen LogP) is 2.70. The molecular weight excluding hydrogens is 204 g/mol. The molecule has 0 amide bonds. The summed E-state index contributed by atoms with van der Waals surface area (Å²) in [6, 6.07) is 0.579. The van der Waals surface area contributed by atoms with Crippen molar-refractivity contribution in [2.45, 2.75) is 45.1 Å². The van der Waals surface area contributed by atoms with Crippen LogP contribution in [0.2, 0.25) is 0 Å². The molecule has 1 heterocycles. The summed E-state index contributed by atoms with van der Waals surface area (Å²) in [5, 5.41) is 3.40. The molecular formula is C12H22N2S. The number of nitrogens with zero attached hydrogens (tertiary/aromatic N) is 1. The lowest BCUT2D eigenvalue weighted by molar-refractivity contribution is 0.534. The minimum Gasteiger partial charge on any atom is -0.383 e. The second-order valence-electron chi connectivity index (χ2n) is 4.49. The van der Waals surface area contributed by atoms with E-state index in [0.717, 1.165) is 11.4 Å². The molecule has 0 aromatic carbocycles. The Balaban J connectivity index is 2.38. The highest BCUT2D eigenvalue weighted by atomic mass is 32.1. The Morgan fingerprint density at radius 2 is 2.20 bits per heavy atom. The van der Waals surface area contributed by atoms with Crippen molar-refractivity contribution in [1.82, 2.24) is 10.2 Å². The maximum absolute atomic E-state index is 5.31. The number of hydrogen-bond acceptors (Lipinski definition) is 2. The Kier molecular flexibility index (Phi) is 5.09. The van der Waals surface area contributed by atoms with Crippen molar-refractivity contribution in [1.29, 1.82) is 0 Å². The van der Waals surface area contributed by atoms with Gasteiger partial charge in [0.1, 0.15) is 4.99 Å². The van der Waals surface area contributed by atoms with Crippen LogP contribution >= 0.6 is 12.2 Å². The van der Waals surface area contributed by atoms with E-state index in [1.165, 1.54) is 31.3 Å². The van der Waals surface area contributed by atoms with Gasteiger partial charge >= 0.3 is 0 Å². The standard InChI is InChI=1S/C12H22N2S/c1-4-5-6-7-11-8-10(9-14(2)3)12(15)13-11/h9,11H,4-8H2,1-3H3,(H,13,15). The summed E-state index contributed by atoms with van der Waals surface area (Å²) in [6.07, 6.45) is 8.41. The first-order valence-corrected chi connectivity index (χ1v) is 6.22. The van der Waals surface area contributed by atoms with Gasteiger partial charge in [0.2, 0.25) is 0 Å². The lowest BCUT2D eigenvalue weighted by Crippen LogP contribution is -2.24. The highest BCUT2D eigenvalue weighted by molar-refractivity contribution is 7.80. The molecule has 0 bridgehead atoms. The molecule has 1 aliphatic rings. The van der Waals surface area contributed by atoms with Crippen LogP contribution in [-0.2, 0) is 0 Å². The number of unbranched alkanes of at least 4 members (excludes halogenated alkanes) is 2. The molecule has 3 heteroatoms. The highest BCUT2D eigenvalue weighted by Crippen LogP contribution is 2.20. The molecule has 1 atom stereocenters. The molecule has 1 aliphatic heterocycles. The molecule has 0 aliphatic carbocycles. The number of hydrogen-bond donors (Lipinski definition) is 1. The van der Waals surface area contributed by atoms with Crippen LogP contribution in [0.4, 0.5) is 0 Å². The average molecular weight is 226 g/mol. The Morgan fingerprint density at radius 3 is 2.80 bits per heavy atom. The topological polar surface area (TPSA) is 15.3 Å². The summed E-state index contributed by atoms with van der Waals surface area (Å²) >= 11 is 5.31. The average Bonchev–Trinajstić information content (AvgIpc) is 2.47. The third kappa shape index (κ3) is 4.20. The Labute approximate surface area is 98.7 Å². The van der Waals surface area contributed by atoms with Crippen LogP contribution in [0.25, 0.3) is 0 Å². The largest absolute Gasteiger partial charge is 0.383 e. The zero-order valence-electron chi connectivity index (χ0n) is 10.0. The molecule has 1 N–H and O–H groups in total. The van der Waals surface area contributed by atoms with Crippen LogP contribution in [0.1, 0.15) is 39.0 Å². The summed E-state index contributed by atoms with van der Waals surface area (Å²) in [7, 11) is 4.08. The predicted molar refractivity (Wildman–Crippen MR) is 70.1 cm³/mol. The van der Waals surface area contributed by atoms with E-state index in [0.29, 0.717) is 6.04 Å². The second kappa shape index (κ2) is 6.11. The van der Waals surface area contributed by atoms with E-state index in [1.54, 1.807) is 0 Å². The van der Waals surface area contributed by atoms with Crippen molar-refractivity contribution < 1.29 is 0 Å². The maximum Gasteiger partial charge on any atom is 0.104 e. The van der Waals surface area contributed by atoms with Crippen molar-refractivity contribution in [2.75, 3.05) is 14.1 Å². The molecule has 1 fully saturated rings. The van der Waals surface area contributed by atoms with Crippen LogP contribution in [0.15, 0.2) is 11.8 Å². The third-order valence-electron chi connectivity index (χ3n) is 2.66. The van der Waals surface area contributed by atoms with Gasteiger partial charge in [-0.15, -0.1) is 0 Å². The van der Waals surface area contributed by atoms with Gasteiger partial charge in [-0.25, -0.2) is 0 Å². The van der Waals surface area contributed by atoms with Gasteiger partial charge < -0.3 is 10.2 Å². The van der Waals surface area contributed by atoms with Gasteiger partial charge in [-0.05, 0) is 12.8 Å². The molecule has 1 saturated heterocycles. The van der Waals surface area contributed by atoms with Crippen molar-refractivity contribution in [3.05, 3.63) is 11.8 Å². The number of thiocarbonyl (C=S) groups is 1. The highest BCUT2D eigenvalue weighted by Gasteiger charge is 2.22. The molecule has 15 heavy (non-hydrogen) atoms. The van der Waals surface area contributed by atoms with Crippen molar-refractivity contribution in [2.24, 2.45) is 0 Å². The van der Waals surface area contributed by atoms with E-state index in [4.69, 9.17) is 12.2 Å². The van der Waals surface area contributed by atoms with E-state index < -0.39 is 0 Å². The van der Waals surface area contributed by atoms with Crippen molar-refractivity contribution in [3.8, 4) is 0 Å². The minimum absolute atomic E-state index is 0.579. The van der Waals surface area contributed by atoms with E-state index >= 15 is 0 Å². The van der Waals surface area contributed by atoms with Gasteiger partial charge in [0.15, 0.2) is 0 Å². The van der Waals surface area contributed by atoms with Crippen molar-refractivity contribution >= 4 is 17.2 Å². The van der Waals surface area contributed by atoms with E-state index in [2.05, 4.69) is 23.3 Å². The zero-order chi connectivity index (χ0) is 11.3. The van der Waals surface area contributed by atoms with Gasteiger partial charge in [-0.1, -0.05) is 38.4 Å². The maximum atomic E-state index is 5.31. The fourth-order valence-corrected chi connectivity index (χ4v) is 2.23. The first-order valence-electron chi connectivity index (χ1n) is 5.81. The Hall–Kier alpha value is -0.570. The summed E-state index contributed by atoms with van der Waals surface area (Å²) in [6.45, 7) is 2.24. The molecule has 0 radical (unpaired) electrons.